The van der Waals surface area contributed by atoms with E-state index in [0.717, 1.165) is 0 Å². The summed E-state index contributed by atoms with van der Waals surface area (Å²) in [6.45, 7) is 3.57. The maximum absolute atomic E-state index is 11.1. The number of carbonyl (C=O) groups is 1. The Morgan fingerprint density at radius 1 is 1.40 bits per heavy atom. The van der Waals surface area contributed by atoms with E-state index in [0.29, 0.717) is 5.56 Å². The monoisotopic (exact) mass is 206 g/mol. The Morgan fingerprint density at radius 2 is 2.07 bits per heavy atom. The van der Waals surface area contributed by atoms with Crippen molar-refractivity contribution >= 4 is 12.0 Å². The second-order valence-corrected chi connectivity index (χ2v) is 3.38. The van der Waals surface area contributed by atoms with Gasteiger partial charge in [0.25, 0.3) is 0 Å². The Hall–Kier alpha value is -1.77. The number of rotatable bonds is 3. The van der Waals surface area contributed by atoms with E-state index in [4.69, 9.17) is 4.74 Å². The molecule has 15 heavy (non-hydrogen) atoms. The molecule has 80 valence electrons. The molecule has 0 aliphatic heterocycles. The third-order valence-electron chi connectivity index (χ3n) is 1.69. The lowest BCUT2D eigenvalue weighted by atomic mass is 10.2. The van der Waals surface area contributed by atoms with Crippen molar-refractivity contribution in [2.75, 3.05) is 0 Å². The number of phenols is 1. The second-order valence-electron chi connectivity index (χ2n) is 3.38. The maximum Gasteiger partial charge on any atom is 0.331 e. The Morgan fingerprint density at radius 3 is 2.67 bits per heavy atom. The van der Waals surface area contributed by atoms with Crippen molar-refractivity contribution in [2.24, 2.45) is 0 Å². The molecule has 1 rings (SSSR count). The lowest BCUT2D eigenvalue weighted by Gasteiger charge is -2.04. The van der Waals surface area contributed by atoms with E-state index in [1.165, 1.54) is 12.2 Å². The summed E-state index contributed by atoms with van der Waals surface area (Å²) < 4.78 is 4.90. The standard InChI is InChI=1S/C12H14O3/c1-9(2)15-12(14)8-7-10-5-3-4-6-11(10)13/h3-9,13H,1-2H3/b8-7+. The zero-order valence-electron chi connectivity index (χ0n) is 8.81. The van der Waals surface area contributed by atoms with E-state index < -0.39 is 5.97 Å². The van der Waals surface area contributed by atoms with Gasteiger partial charge < -0.3 is 9.84 Å². The average molecular weight is 206 g/mol. The average Bonchev–Trinajstić information content (AvgIpc) is 2.15. The first kappa shape index (κ1) is 11.3. The first-order chi connectivity index (χ1) is 7.09. The number of benzene rings is 1. The SMILES string of the molecule is CC(C)OC(=O)/C=C/c1ccccc1O. The summed E-state index contributed by atoms with van der Waals surface area (Å²) >= 11 is 0. The van der Waals surface area contributed by atoms with E-state index in [2.05, 4.69) is 0 Å². The number of aromatic hydroxyl groups is 1. The molecule has 1 aromatic carbocycles. The van der Waals surface area contributed by atoms with Crippen LogP contribution in [0.1, 0.15) is 19.4 Å². The number of para-hydroxylation sites is 1. The van der Waals surface area contributed by atoms with Gasteiger partial charge in [-0.2, -0.15) is 0 Å². The van der Waals surface area contributed by atoms with E-state index in [-0.39, 0.29) is 11.9 Å². The summed E-state index contributed by atoms with van der Waals surface area (Å²) in [6.07, 6.45) is 2.70. The van der Waals surface area contributed by atoms with Crippen LogP contribution in [0.4, 0.5) is 0 Å². The smallest absolute Gasteiger partial charge is 0.331 e. The van der Waals surface area contributed by atoms with Crippen LogP contribution < -0.4 is 0 Å². The second kappa shape index (κ2) is 5.20. The van der Waals surface area contributed by atoms with Gasteiger partial charge in [-0.15, -0.1) is 0 Å². The van der Waals surface area contributed by atoms with E-state index in [9.17, 15) is 9.90 Å². The van der Waals surface area contributed by atoms with E-state index >= 15 is 0 Å². The fourth-order valence-corrected chi connectivity index (χ4v) is 1.06. The highest BCUT2D eigenvalue weighted by molar-refractivity contribution is 5.87. The molecule has 0 amide bonds. The molecule has 3 heteroatoms. The molecule has 0 aromatic heterocycles. The molecular weight excluding hydrogens is 192 g/mol. The van der Waals surface area contributed by atoms with Crippen LogP contribution in [0, 0.1) is 0 Å². The van der Waals surface area contributed by atoms with Gasteiger partial charge in [-0.1, -0.05) is 18.2 Å². The zero-order valence-corrected chi connectivity index (χ0v) is 8.81. The fourth-order valence-electron chi connectivity index (χ4n) is 1.06. The number of ether oxygens (including phenoxy) is 1. The fraction of sp³-hybridized carbons (Fsp3) is 0.250. The number of hydrogen-bond acceptors (Lipinski definition) is 3. The first-order valence-electron chi connectivity index (χ1n) is 4.76. The van der Waals surface area contributed by atoms with Crippen LogP contribution in [0.2, 0.25) is 0 Å². The summed E-state index contributed by atoms with van der Waals surface area (Å²) in [5, 5.41) is 9.40. The van der Waals surface area contributed by atoms with Crippen LogP contribution in [0.3, 0.4) is 0 Å². The predicted molar refractivity (Wildman–Crippen MR) is 58.4 cm³/mol. The molecule has 0 unspecified atom stereocenters. The van der Waals surface area contributed by atoms with Gasteiger partial charge in [0.2, 0.25) is 0 Å². The highest BCUT2D eigenvalue weighted by Gasteiger charge is 2.00. The van der Waals surface area contributed by atoms with Crippen LogP contribution >= 0.6 is 0 Å². The molecule has 0 saturated heterocycles. The predicted octanol–water partition coefficient (Wildman–Crippen LogP) is 2.36. The molecule has 0 bridgehead atoms. The van der Waals surface area contributed by atoms with Crippen molar-refractivity contribution in [2.45, 2.75) is 20.0 Å². The van der Waals surface area contributed by atoms with Gasteiger partial charge in [0, 0.05) is 11.6 Å². The van der Waals surface area contributed by atoms with Gasteiger partial charge in [-0.3, -0.25) is 0 Å². The van der Waals surface area contributed by atoms with Crippen molar-refractivity contribution < 1.29 is 14.6 Å². The Bertz CT molecular complexity index is 367. The van der Waals surface area contributed by atoms with Crippen molar-refractivity contribution in [1.29, 1.82) is 0 Å². The van der Waals surface area contributed by atoms with Crippen LogP contribution in [-0.4, -0.2) is 17.2 Å². The Kier molecular flexibility index (Phi) is 3.92. The van der Waals surface area contributed by atoms with Crippen molar-refractivity contribution in [3.05, 3.63) is 35.9 Å². The zero-order chi connectivity index (χ0) is 11.3. The van der Waals surface area contributed by atoms with Crippen molar-refractivity contribution in [3.63, 3.8) is 0 Å². The lowest BCUT2D eigenvalue weighted by Crippen LogP contribution is -2.08. The van der Waals surface area contributed by atoms with E-state index in [1.54, 1.807) is 38.1 Å². The largest absolute Gasteiger partial charge is 0.507 e. The number of phenolic OH excluding ortho intramolecular Hbond substituents is 1. The molecule has 0 saturated carbocycles. The Balaban J connectivity index is 2.66. The minimum atomic E-state index is -0.409. The number of carbonyl (C=O) groups excluding carboxylic acids is 1. The van der Waals surface area contributed by atoms with Crippen LogP contribution in [-0.2, 0) is 9.53 Å². The number of hydrogen-bond donors (Lipinski definition) is 1. The molecule has 0 aliphatic rings. The topological polar surface area (TPSA) is 46.5 Å². The van der Waals surface area contributed by atoms with Gasteiger partial charge >= 0.3 is 5.97 Å². The van der Waals surface area contributed by atoms with Crippen molar-refractivity contribution in [1.82, 2.24) is 0 Å². The first-order valence-corrected chi connectivity index (χ1v) is 4.76. The number of esters is 1. The summed E-state index contributed by atoms with van der Waals surface area (Å²) in [5.41, 5.74) is 0.596. The van der Waals surface area contributed by atoms with Gasteiger partial charge in [0.15, 0.2) is 0 Å². The Labute approximate surface area is 89.0 Å². The minimum Gasteiger partial charge on any atom is -0.507 e. The third kappa shape index (κ3) is 3.85. The molecule has 0 fully saturated rings. The summed E-state index contributed by atoms with van der Waals surface area (Å²) in [6, 6.07) is 6.79. The molecule has 1 N–H and O–H groups in total. The molecule has 0 radical (unpaired) electrons. The minimum absolute atomic E-state index is 0.133. The van der Waals surface area contributed by atoms with Gasteiger partial charge in [0.05, 0.1) is 6.10 Å². The molecular formula is C12H14O3. The highest BCUT2D eigenvalue weighted by Crippen LogP contribution is 2.16. The van der Waals surface area contributed by atoms with Crippen LogP contribution in [0.15, 0.2) is 30.3 Å². The summed E-state index contributed by atoms with van der Waals surface area (Å²) in [5.74, 6) is -0.264. The molecule has 0 aliphatic carbocycles. The molecule has 0 heterocycles. The normalized spacial score (nSPS) is 10.9. The van der Waals surface area contributed by atoms with Crippen LogP contribution in [0.5, 0.6) is 5.75 Å². The van der Waals surface area contributed by atoms with E-state index in [1.807, 2.05) is 0 Å². The van der Waals surface area contributed by atoms with Gasteiger partial charge in [0.1, 0.15) is 5.75 Å². The van der Waals surface area contributed by atoms with Gasteiger partial charge in [-0.25, -0.2) is 4.79 Å². The maximum atomic E-state index is 11.1. The lowest BCUT2D eigenvalue weighted by molar-refractivity contribution is -0.141. The molecule has 0 spiro atoms. The highest BCUT2D eigenvalue weighted by atomic mass is 16.5. The third-order valence-corrected chi connectivity index (χ3v) is 1.69. The summed E-state index contributed by atoms with van der Waals surface area (Å²) in [4.78, 5) is 11.1. The van der Waals surface area contributed by atoms with Gasteiger partial charge in [-0.05, 0) is 26.0 Å². The van der Waals surface area contributed by atoms with Crippen LogP contribution in [0.25, 0.3) is 6.08 Å². The molecule has 1 aromatic rings. The van der Waals surface area contributed by atoms with Crippen molar-refractivity contribution in [3.8, 4) is 5.75 Å². The quantitative estimate of drug-likeness (QED) is 0.610. The summed E-state index contributed by atoms with van der Waals surface area (Å²) in [7, 11) is 0. The molecule has 3 nitrogen and oxygen atoms in total. The molecule has 0 atom stereocenters.